The van der Waals surface area contributed by atoms with Crippen molar-refractivity contribution in [1.29, 1.82) is 0 Å². The Labute approximate surface area is 99.0 Å². The van der Waals surface area contributed by atoms with Gasteiger partial charge in [0.15, 0.2) is 11.3 Å². The molecule has 4 atom stereocenters. The van der Waals surface area contributed by atoms with Crippen LogP contribution in [0.2, 0.25) is 0 Å². The molecule has 1 fully saturated rings. The molecule has 0 radical (unpaired) electrons. The van der Waals surface area contributed by atoms with E-state index in [1.54, 1.807) is 14.1 Å². The normalized spacial score (nSPS) is 34.6. The average molecular weight is 251 g/mol. The Balaban J connectivity index is 2.51. The lowest BCUT2D eigenvalue weighted by Gasteiger charge is -2.37. The smallest absolute Gasteiger partial charge is 0.183 e. The first-order chi connectivity index (χ1) is 7.47. The largest absolute Gasteiger partial charge is 0.388 e. The van der Waals surface area contributed by atoms with Gasteiger partial charge in [0.25, 0.3) is 0 Å². The lowest BCUT2D eigenvalue weighted by molar-refractivity contribution is -0.203. The molecule has 8 heteroatoms. The zero-order valence-corrected chi connectivity index (χ0v) is 9.94. The fraction of sp³-hybridized carbons (Fsp3) is 0.875. The predicted octanol–water partition coefficient (Wildman–Crippen LogP) is -2.63. The van der Waals surface area contributed by atoms with Crippen molar-refractivity contribution in [3.63, 3.8) is 0 Å². The number of hydrogen-bond donors (Lipinski definition) is 5. The molecule has 0 aliphatic carbocycles. The summed E-state index contributed by atoms with van der Waals surface area (Å²) in [5.74, 6) is 0. The SMILES string of the molecule is CNC(=S)N(C)N[C@@H]1OC[C@H](O)[C@@H](O)[C@@H]1O. The highest BCUT2D eigenvalue weighted by Gasteiger charge is 2.38. The van der Waals surface area contributed by atoms with Crippen molar-refractivity contribution < 1.29 is 20.1 Å². The summed E-state index contributed by atoms with van der Waals surface area (Å²) in [6, 6.07) is 0. The molecular formula is C8H17N3O4S. The molecule has 0 bridgehead atoms. The molecule has 5 N–H and O–H groups in total. The summed E-state index contributed by atoms with van der Waals surface area (Å²) in [7, 11) is 3.31. The van der Waals surface area contributed by atoms with Crippen LogP contribution in [0.3, 0.4) is 0 Å². The van der Waals surface area contributed by atoms with Gasteiger partial charge in [-0.3, -0.25) is 5.01 Å². The fourth-order valence-electron chi connectivity index (χ4n) is 1.34. The zero-order valence-electron chi connectivity index (χ0n) is 9.12. The molecular weight excluding hydrogens is 234 g/mol. The minimum atomic E-state index is -1.23. The second-order valence-corrected chi connectivity index (χ2v) is 3.93. The molecule has 1 rings (SSSR count). The van der Waals surface area contributed by atoms with Crippen LogP contribution in [0.25, 0.3) is 0 Å². The van der Waals surface area contributed by atoms with E-state index in [4.69, 9.17) is 17.0 Å². The van der Waals surface area contributed by atoms with E-state index in [-0.39, 0.29) is 6.61 Å². The first kappa shape index (κ1) is 13.6. The quantitative estimate of drug-likeness (QED) is 0.269. The van der Waals surface area contributed by atoms with Gasteiger partial charge in [0, 0.05) is 14.1 Å². The highest BCUT2D eigenvalue weighted by molar-refractivity contribution is 7.80. The van der Waals surface area contributed by atoms with Crippen LogP contribution in [0.1, 0.15) is 0 Å². The van der Waals surface area contributed by atoms with Crippen molar-refractivity contribution >= 4 is 17.3 Å². The van der Waals surface area contributed by atoms with Crippen LogP contribution in [-0.2, 0) is 4.74 Å². The van der Waals surface area contributed by atoms with Crippen molar-refractivity contribution in [2.24, 2.45) is 0 Å². The summed E-state index contributed by atoms with van der Waals surface area (Å²) in [5.41, 5.74) is 2.76. The summed E-state index contributed by atoms with van der Waals surface area (Å²) in [6.45, 7) is -0.0456. The Bertz CT molecular complexity index is 255. The summed E-state index contributed by atoms with van der Waals surface area (Å²) in [5, 5.41) is 32.9. The van der Waals surface area contributed by atoms with Gasteiger partial charge in [0.1, 0.15) is 18.3 Å². The van der Waals surface area contributed by atoms with Crippen LogP contribution >= 0.6 is 12.2 Å². The molecule has 0 unspecified atom stereocenters. The first-order valence-corrected chi connectivity index (χ1v) is 5.25. The van der Waals surface area contributed by atoms with Gasteiger partial charge in [-0.1, -0.05) is 0 Å². The van der Waals surface area contributed by atoms with E-state index in [1.165, 1.54) is 5.01 Å². The van der Waals surface area contributed by atoms with Gasteiger partial charge in [-0.15, -0.1) is 0 Å². The standard InChI is InChI=1S/C8H17N3O4S/c1-9-8(16)11(2)10-7-6(14)5(13)4(12)3-15-7/h4-7,10,12-14H,3H2,1-2H3,(H,9,16)/t4-,5+,6-,7+/m0/s1. The molecule has 1 aliphatic heterocycles. The third-order valence-electron chi connectivity index (χ3n) is 2.34. The summed E-state index contributed by atoms with van der Waals surface area (Å²) >= 11 is 4.94. The summed E-state index contributed by atoms with van der Waals surface area (Å²) in [6.07, 6.45) is -4.34. The van der Waals surface area contributed by atoms with Crippen molar-refractivity contribution in [3.8, 4) is 0 Å². The molecule has 0 spiro atoms. The Kier molecular flexibility index (Phi) is 4.84. The lowest BCUT2D eigenvalue weighted by Crippen LogP contribution is -2.62. The van der Waals surface area contributed by atoms with E-state index >= 15 is 0 Å². The van der Waals surface area contributed by atoms with Gasteiger partial charge in [0.2, 0.25) is 0 Å². The summed E-state index contributed by atoms with van der Waals surface area (Å²) < 4.78 is 5.14. The van der Waals surface area contributed by atoms with Crippen molar-refractivity contribution in [3.05, 3.63) is 0 Å². The molecule has 0 amide bonds. The number of hydrogen-bond acceptors (Lipinski definition) is 6. The van der Waals surface area contributed by atoms with E-state index in [2.05, 4.69) is 10.7 Å². The zero-order chi connectivity index (χ0) is 12.3. The van der Waals surface area contributed by atoms with Crippen LogP contribution in [0.15, 0.2) is 0 Å². The van der Waals surface area contributed by atoms with E-state index < -0.39 is 24.5 Å². The number of rotatable bonds is 2. The van der Waals surface area contributed by atoms with Gasteiger partial charge < -0.3 is 25.4 Å². The minimum Gasteiger partial charge on any atom is -0.388 e. The number of thiocarbonyl (C=S) groups is 1. The van der Waals surface area contributed by atoms with Crippen LogP contribution in [0.4, 0.5) is 0 Å². The molecule has 0 aromatic carbocycles. The Morgan fingerprint density at radius 1 is 1.38 bits per heavy atom. The fourth-order valence-corrected chi connectivity index (χ4v) is 1.39. The molecule has 94 valence electrons. The Hall–Kier alpha value is -0.510. The van der Waals surface area contributed by atoms with Gasteiger partial charge >= 0.3 is 0 Å². The molecule has 0 aromatic heterocycles. The molecule has 1 aliphatic rings. The monoisotopic (exact) mass is 251 g/mol. The maximum Gasteiger partial charge on any atom is 0.183 e. The molecule has 16 heavy (non-hydrogen) atoms. The molecule has 0 aromatic rings. The van der Waals surface area contributed by atoms with E-state index in [9.17, 15) is 15.3 Å². The van der Waals surface area contributed by atoms with E-state index in [0.29, 0.717) is 5.11 Å². The molecule has 1 saturated heterocycles. The highest BCUT2D eigenvalue weighted by atomic mass is 32.1. The van der Waals surface area contributed by atoms with Crippen LogP contribution in [0, 0.1) is 0 Å². The highest BCUT2D eigenvalue weighted by Crippen LogP contribution is 2.13. The number of aliphatic hydroxyl groups is 3. The van der Waals surface area contributed by atoms with Crippen molar-refractivity contribution in [2.75, 3.05) is 20.7 Å². The molecule has 0 saturated carbocycles. The number of aliphatic hydroxyl groups excluding tert-OH is 3. The Morgan fingerprint density at radius 2 is 2.00 bits per heavy atom. The number of ether oxygens (including phenoxy) is 1. The third-order valence-corrected chi connectivity index (χ3v) is 2.82. The number of nitrogens with zero attached hydrogens (tertiary/aromatic N) is 1. The van der Waals surface area contributed by atoms with Crippen LogP contribution in [-0.4, -0.2) is 70.7 Å². The average Bonchev–Trinajstić information content (AvgIpc) is 2.28. The molecule has 7 nitrogen and oxygen atoms in total. The maximum absolute atomic E-state index is 9.62. The number of hydrazine groups is 1. The van der Waals surface area contributed by atoms with Gasteiger partial charge in [-0.05, 0) is 12.2 Å². The predicted molar refractivity (Wildman–Crippen MR) is 60.3 cm³/mol. The van der Waals surface area contributed by atoms with Gasteiger partial charge in [-0.25, -0.2) is 5.43 Å². The van der Waals surface area contributed by atoms with E-state index in [0.717, 1.165) is 0 Å². The maximum atomic E-state index is 9.62. The molecule has 1 heterocycles. The van der Waals surface area contributed by atoms with Gasteiger partial charge in [-0.2, -0.15) is 0 Å². The number of nitrogens with one attached hydrogen (secondary N) is 2. The topological polar surface area (TPSA) is 97.2 Å². The van der Waals surface area contributed by atoms with Crippen LogP contribution in [0.5, 0.6) is 0 Å². The van der Waals surface area contributed by atoms with Crippen molar-refractivity contribution in [2.45, 2.75) is 24.5 Å². The van der Waals surface area contributed by atoms with Gasteiger partial charge in [0.05, 0.1) is 6.61 Å². The Morgan fingerprint density at radius 3 is 2.56 bits per heavy atom. The van der Waals surface area contributed by atoms with Crippen molar-refractivity contribution in [1.82, 2.24) is 15.8 Å². The van der Waals surface area contributed by atoms with Crippen LogP contribution < -0.4 is 10.7 Å². The lowest BCUT2D eigenvalue weighted by atomic mass is 10.0. The van der Waals surface area contributed by atoms with E-state index in [1.807, 2.05) is 0 Å². The second-order valence-electron chi connectivity index (χ2n) is 3.55. The summed E-state index contributed by atoms with van der Waals surface area (Å²) in [4.78, 5) is 0. The third kappa shape index (κ3) is 3.00. The second kappa shape index (κ2) is 5.71. The minimum absolute atomic E-state index is 0.0456. The first-order valence-electron chi connectivity index (χ1n) is 4.84.